The molecule has 0 aromatic heterocycles. The van der Waals surface area contributed by atoms with Crippen LogP contribution >= 0.6 is 0 Å². The first kappa shape index (κ1) is 12.6. The van der Waals surface area contributed by atoms with Crippen LogP contribution in [0.4, 0.5) is 0 Å². The molecular formula is C15H17NO2. The van der Waals surface area contributed by atoms with Crippen molar-refractivity contribution in [1.29, 1.82) is 0 Å². The number of hydrogen-bond acceptors (Lipinski definition) is 2. The first-order chi connectivity index (χ1) is 8.66. The standard InChI is InChI=1S/C15H17NO2/c1-12-7-9-13(10-8-12)11-15(16(17)18)14-5-3-2-4-6-14/h5,7-11H,2-4,6H2,1H3/b15-11+. The molecule has 0 amide bonds. The number of benzene rings is 1. The summed E-state index contributed by atoms with van der Waals surface area (Å²) in [5.74, 6) is 0. The highest BCUT2D eigenvalue weighted by molar-refractivity contribution is 5.56. The van der Waals surface area contributed by atoms with Crippen molar-refractivity contribution < 1.29 is 4.92 Å². The molecule has 0 fully saturated rings. The Bertz CT molecular complexity index is 498. The number of nitrogens with zero attached hydrogens (tertiary/aromatic N) is 1. The van der Waals surface area contributed by atoms with Crippen LogP contribution in [-0.4, -0.2) is 4.92 Å². The second-order valence-electron chi connectivity index (χ2n) is 4.67. The van der Waals surface area contributed by atoms with Crippen molar-refractivity contribution in [2.75, 3.05) is 0 Å². The molecule has 1 aliphatic rings. The quantitative estimate of drug-likeness (QED) is 0.592. The predicted octanol–water partition coefficient (Wildman–Crippen LogP) is 4.11. The van der Waals surface area contributed by atoms with E-state index >= 15 is 0 Å². The molecule has 18 heavy (non-hydrogen) atoms. The monoisotopic (exact) mass is 243 g/mol. The molecule has 0 unspecified atom stereocenters. The van der Waals surface area contributed by atoms with Crippen LogP contribution in [0.15, 0.2) is 41.6 Å². The third-order valence-corrected chi connectivity index (χ3v) is 3.20. The number of hydrogen-bond donors (Lipinski definition) is 0. The van der Waals surface area contributed by atoms with E-state index in [1.54, 1.807) is 6.08 Å². The lowest BCUT2D eigenvalue weighted by atomic mass is 9.96. The van der Waals surface area contributed by atoms with E-state index in [9.17, 15) is 10.1 Å². The van der Waals surface area contributed by atoms with Crippen molar-refractivity contribution >= 4 is 6.08 Å². The first-order valence-corrected chi connectivity index (χ1v) is 6.29. The highest BCUT2D eigenvalue weighted by Gasteiger charge is 2.18. The molecule has 0 spiro atoms. The lowest BCUT2D eigenvalue weighted by Crippen LogP contribution is -2.04. The van der Waals surface area contributed by atoms with E-state index < -0.39 is 0 Å². The summed E-state index contributed by atoms with van der Waals surface area (Å²) in [5, 5.41) is 11.2. The lowest BCUT2D eigenvalue weighted by Gasteiger charge is -2.10. The van der Waals surface area contributed by atoms with E-state index in [1.165, 1.54) is 0 Å². The fourth-order valence-corrected chi connectivity index (χ4v) is 2.15. The molecule has 0 heterocycles. The molecule has 1 aliphatic carbocycles. The van der Waals surface area contributed by atoms with Gasteiger partial charge in [-0.15, -0.1) is 0 Å². The molecule has 0 saturated heterocycles. The minimum Gasteiger partial charge on any atom is -0.258 e. The lowest BCUT2D eigenvalue weighted by molar-refractivity contribution is -0.419. The maximum absolute atomic E-state index is 11.2. The Labute approximate surface area is 107 Å². The van der Waals surface area contributed by atoms with Crippen LogP contribution in [0.3, 0.4) is 0 Å². The van der Waals surface area contributed by atoms with Crippen LogP contribution < -0.4 is 0 Å². The number of rotatable bonds is 3. The molecule has 3 nitrogen and oxygen atoms in total. The average Bonchev–Trinajstić information content (AvgIpc) is 2.38. The van der Waals surface area contributed by atoms with Crippen molar-refractivity contribution in [3.8, 4) is 0 Å². The summed E-state index contributed by atoms with van der Waals surface area (Å²) in [7, 11) is 0. The average molecular weight is 243 g/mol. The van der Waals surface area contributed by atoms with Gasteiger partial charge < -0.3 is 0 Å². The number of allylic oxidation sites excluding steroid dienone is 2. The van der Waals surface area contributed by atoms with Gasteiger partial charge in [-0.25, -0.2) is 0 Å². The molecule has 0 radical (unpaired) electrons. The van der Waals surface area contributed by atoms with Gasteiger partial charge in [0.1, 0.15) is 0 Å². The summed E-state index contributed by atoms with van der Waals surface area (Å²) in [4.78, 5) is 10.9. The second-order valence-corrected chi connectivity index (χ2v) is 4.67. The summed E-state index contributed by atoms with van der Waals surface area (Å²) in [5.41, 5.74) is 3.18. The van der Waals surface area contributed by atoms with E-state index in [2.05, 4.69) is 0 Å². The maximum atomic E-state index is 11.2. The van der Waals surface area contributed by atoms with Crippen LogP contribution in [0.2, 0.25) is 0 Å². The molecule has 1 aromatic rings. The molecule has 0 bridgehead atoms. The van der Waals surface area contributed by atoms with Gasteiger partial charge in [0.15, 0.2) is 0 Å². The molecule has 0 aliphatic heterocycles. The molecule has 94 valence electrons. The van der Waals surface area contributed by atoms with Crippen LogP contribution in [0, 0.1) is 17.0 Å². The van der Waals surface area contributed by atoms with Gasteiger partial charge in [-0.1, -0.05) is 35.9 Å². The van der Waals surface area contributed by atoms with Crippen molar-refractivity contribution in [3.63, 3.8) is 0 Å². The van der Waals surface area contributed by atoms with Gasteiger partial charge in [0.25, 0.3) is 5.70 Å². The van der Waals surface area contributed by atoms with E-state index in [4.69, 9.17) is 0 Å². The summed E-state index contributed by atoms with van der Waals surface area (Å²) in [6.45, 7) is 2.01. The van der Waals surface area contributed by atoms with Crippen molar-refractivity contribution in [2.45, 2.75) is 32.6 Å². The van der Waals surface area contributed by atoms with Gasteiger partial charge in [-0.3, -0.25) is 10.1 Å². The third kappa shape index (κ3) is 3.06. The first-order valence-electron chi connectivity index (χ1n) is 6.29. The number of nitro groups is 1. The fraction of sp³-hybridized carbons (Fsp3) is 0.333. The zero-order valence-corrected chi connectivity index (χ0v) is 10.6. The normalized spacial score (nSPS) is 16.3. The van der Waals surface area contributed by atoms with Gasteiger partial charge in [0.2, 0.25) is 0 Å². The SMILES string of the molecule is Cc1ccc(/C=C(\C2=CCCCC2)[N+](=O)[O-])cc1. The Hall–Kier alpha value is -1.90. The van der Waals surface area contributed by atoms with E-state index in [0.717, 1.165) is 42.4 Å². The smallest absolute Gasteiger partial charge is 0.258 e. The largest absolute Gasteiger partial charge is 0.272 e. The topological polar surface area (TPSA) is 43.1 Å². The highest BCUT2D eigenvalue weighted by atomic mass is 16.6. The van der Waals surface area contributed by atoms with Gasteiger partial charge in [-0.2, -0.15) is 0 Å². The summed E-state index contributed by atoms with van der Waals surface area (Å²) in [6.07, 6.45) is 7.64. The maximum Gasteiger partial charge on any atom is 0.272 e. The Morgan fingerprint density at radius 2 is 2.00 bits per heavy atom. The Kier molecular flexibility index (Phi) is 3.92. The van der Waals surface area contributed by atoms with E-state index in [1.807, 2.05) is 37.3 Å². The minimum absolute atomic E-state index is 0.249. The summed E-state index contributed by atoms with van der Waals surface area (Å²) in [6, 6.07) is 7.78. The van der Waals surface area contributed by atoms with Crippen LogP contribution in [-0.2, 0) is 0 Å². The Balaban J connectivity index is 2.32. The Morgan fingerprint density at radius 1 is 1.28 bits per heavy atom. The number of aryl methyl sites for hydroxylation is 1. The van der Waals surface area contributed by atoms with Crippen molar-refractivity contribution in [2.24, 2.45) is 0 Å². The predicted molar refractivity (Wildman–Crippen MR) is 72.7 cm³/mol. The molecule has 0 saturated carbocycles. The van der Waals surface area contributed by atoms with Crippen molar-refractivity contribution in [1.82, 2.24) is 0 Å². The molecule has 0 N–H and O–H groups in total. The van der Waals surface area contributed by atoms with Gasteiger partial charge in [0, 0.05) is 11.6 Å². The fourth-order valence-electron chi connectivity index (χ4n) is 2.15. The second kappa shape index (κ2) is 5.63. The third-order valence-electron chi connectivity index (χ3n) is 3.20. The van der Waals surface area contributed by atoms with E-state index in [0.29, 0.717) is 0 Å². The summed E-state index contributed by atoms with van der Waals surface area (Å²) >= 11 is 0. The van der Waals surface area contributed by atoms with Crippen LogP contribution in [0.5, 0.6) is 0 Å². The van der Waals surface area contributed by atoms with Gasteiger partial charge in [-0.05, 0) is 38.2 Å². The van der Waals surface area contributed by atoms with Crippen LogP contribution in [0.25, 0.3) is 6.08 Å². The van der Waals surface area contributed by atoms with Crippen molar-refractivity contribution in [3.05, 3.63) is 62.9 Å². The van der Waals surface area contributed by atoms with Crippen LogP contribution in [0.1, 0.15) is 36.8 Å². The minimum atomic E-state index is -0.267. The molecular weight excluding hydrogens is 226 g/mol. The molecule has 0 atom stereocenters. The molecule has 1 aromatic carbocycles. The Morgan fingerprint density at radius 3 is 2.56 bits per heavy atom. The van der Waals surface area contributed by atoms with E-state index in [-0.39, 0.29) is 10.6 Å². The molecule has 3 heteroatoms. The molecule has 2 rings (SSSR count). The zero-order valence-electron chi connectivity index (χ0n) is 10.6. The van der Waals surface area contributed by atoms with Gasteiger partial charge >= 0.3 is 0 Å². The highest BCUT2D eigenvalue weighted by Crippen LogP contribution is 2.25. The zero-order chi connectivity index (χ0) is 13.0. The summed E-state index contributed by atoms with van der Waals surface area (Å²) < 4.78 is 0. The van der Waals surface area contributed by atoms with Gasteiger partial charge in [0.05, 0.1) is 4.92 Å².